The number of hydrogen-bond donors (Lipinski definition) is 1. The highest BCUT2D eigenvalue weighted by atomic mass is 32.1. The van der Waals surface area contributed by atoms with E-state index in [1.807, 2.05) is 0 Å². The Balaban J connectivity index is 2.64. The lowest BCUT2D eigenvalue weighted by Gasteiger charge is -2.33. The van der Waals surface area contributed by atoms with Crippen molar-refractivity contribution < 1.29 is 4.79 Å². The molecule has 64 valence electrons. The average molecular weight is 172 g/mol. The highest BCUT2D eigenvalue weighted by Gasteiger charge is 2.34. The molecule has 1 rings (SSSR count). The molecule has 1 aliphatic carbocycles. The number of carbonyl (C=O) groups is 1. The number of thiol groups is 1. The Morgan fingerprint density at radius 1 is 1.36 bits per heavy atom. The molecule has 0 saturated heterocycles. The van der Waals surface area contributed by atoms with Crippen molar-refractivity contribution in [3.8, 4) is 0 Å². The Morgan fingerprint density at radius 3 is 2.18 bits per heavy atom. The normalized spacial score (nSPS) is 23.1. The molecule has 0 radical (unpaired) electrons. The number of Topliss-reactive ketones (excluding diaryl/α,β-unsaturated/α-hetero) is 1. The maximum absolute atomic E-state index is 11.3. The Kier molecular flexibility index (Phi) is 2.99. The van der Waals surface area contributed by atoms with Crippen LogP contribution in [0.4, 0.5) is 0 Å². The third kappa shape index (κ3) is 1.78. The van der Waals surface area contributed by atoms with Gasteiger partial charge in [-0.15, -0.1) is 0 Å². The summed E-state index contributed by atoms with van der Waals surface area (Å²) < 4.78 is 0. The second-order valence-corrected chi connectivity index (χ2v) is 3.87. The van der Waals surface area contributed by atoms with Crippen molar-refractivity contribution in [1.29, 1.82) is 0 Å². The Labute approximate surface area is 74.0 Å². The number of hydrogen-bond acceptors (Lipinski definition) is 2. The lowest BCUT2D eigenvalue weighted by molar-refractivity contribution is -0.126. The van der Waals surface area contributed by atoms with Gasteiger partial charge in [-0.2, -0.15) is 12.6 Å². The van der Waals surface area contributed by atoms with Gasteiger partial charge in [0.15, 0.2) is 0 Å². The molecule has 11 heavy (non-hydrogen) atoms. The summed E-state index contributed by atoms with van der Waals surface area (Å²) >= 11 is 4.27. The molecule has 0 spiro atoms. The van der Waals surface area contributed by atoms with Crippen LogP contribution in [0.2, 0.25) is 0 Å². The van der Waals surface area contributed by atoms with Crippen LogP contribution in [-0.4, -0.2) is 11.5 Å². The first-order valence-electron chi connectivity index (χ1n) is 4.33. The van der Waals surface area contributed by atoms with E-state index in [9.17, 15) is 4.79 Å². The summed E-state index contributed by atoms with van der Waals surface area (Å²) in [6.07, 6.45) is 5.83. The molecule has 0 aromatic carbocycles. The van der Waals surface area contributed by atoms with Crippen LogP contribution in [0.1, 0.15) is 39.0 Å². The molecule has 0 N–H and O–H groups in total. The summed E-state index contributed by atoms with van der Waals surface area (Å²) in [6, 6.07) is 0. The van der Waals surface area contributed by atoms with Crippen LogP contribution in [-0.2, 0) is 4.79 Å². The summed E-state index contributed by atoms with van der Waals surface area (Å²) in [5.41, 5.74) is -0.0542. The first kappa shape index (κ1) is 9.11. The van der Waals surface area contributed by atoms with Gasteiger partial charge in [-0.1, -0.05) is 19.3 Å². The maximum atomic E-state index is 11.3. The van der Waals surface area contributed by atoms with Gasteiger partial charge in [-0.25, -0.2) is 0 Å². The molecule has 1 aliphatic rings. The molecule has 0 amide bonds. The van der Waals surface area contributed by atoms with E-state index in [-0.39, 0.29) is 5.41 Å². The molecule has 2 heteroatoms. The zero-order valence-electron chi connectivity index (χ0n) is 7.10. The van der Waals surface area contributed by atoms with E-state index in [2.05, 4.69) is 12.6 Å². The van der Waals surface area contributed by atoms with Gasteiger partial charge < -0.3 is 0 Å². The Bertz CT molecular complexity index is 148. The quantitative estimate of drug-likeness (QED) is 0.633. The summed E-state index contributed by atoms with van der Waals surface area (Å²) in [4.78, 5) is 11.3. The molecule has 1 saturated carbocycles. The van der Waals surface area contributed by atoms with Gasteiger partial charge in [0.2, 0.25) is 0 Å². The molecular weight excluding hydrogens is 156 g/mol. The van der Waals surface area contributed by atoms with E-state index in [1.54, 1.807) is 6.92 Å². The molecule has 0 bridgehead atoms. The predicted molar refractivity (Wildman–Crippen MR) is 50.1 cm³/mol. The summed E-state index contributed by atoms with van der Waals surface area (Å²) in [7, 11) is 0. The van der Waals surface area contributed by atoms with Crippen LogP contribution in [0.25, 0.3) is 0 Å². The van der Waals surface area contributed by atoms with E-state index in [1.165, 1.54) is 19.3 Å². The Morgan fingerprint density at radius 2 is 1.91 bits per heavy atom. The van der Waals surface area contributed by atoms with Crippen LogP contribution in [0.5, 0.6) is 0 Å². The number of carbonyl (C=O) groups excluding carboxylic acids is 1. The smallest absolute Gasteiger partial charge is 0.136 e. The van der Waals surface area contributed by atoms with Crippen molar-refractivity contribution >= 4 is 18.4 Å². The minimum Gasteiger partial charge on any atom is -0.299 e. The molecule has 0 heterocycles. The van der Waals surface area contributed by atoms with Gasteiger partial charge in [0, 0.05) is 11.2 Å². The first-order valence-corrected chi connectivity index (χ1v) is 4.96. The van der Waals surface area contributed by atoms with Crippen molar-refractivity contribution in [2.75, 3.05) is 5.75 Å². The molecule has 0 aromatic rings. The lowest BCUT2D eigenvalue weighted by Crippen LogP contribution is -2.33. The minimum absolute atomic E-state index is 0.0542. The number of rotatable bonds is 2. The lowest BCUT2D eigenvalue weighted by atomic mass is 9.73. The molecule has 0 unspecified atom stereocenters. The van der Waals surface area contributed by atoms with Gasteiger partial charge in [0.05, 0.1) is 0 Å². The summed E-state index contributed by atoms with van der Waals surface area (Å²) in [5, 5.41) is 0. The molecular formula is C9H16OS. The van der Waals surface area contributed by atoms with Crippen LogP contribution in [0.15, 0.2) is 0 Å². The average Bonchev–Trinajstić information content (AvgIpc) is 2.05. The molecule has 1 fully saturated rings. The SMILES string of the molecule is CC(=O)C1(CS)CCCCC1. The molecule has 0 aliphatic heterocycles. The number of ketones is 1. The second-order valence-electron chi connectivity index (χ2n) is 3.56. The third-order valence-electron chi connectivity index (χ3n) is 2.86. The van der Waals surface area contributed by atoms with Crippen LogP contribution < -0.4 is 0 Å². The summed E-state index contributed by atoms with van der Waals surface area (Å²) in [5.74, 6) is 1.08. The van der Waals surface area contributed by atoms with Gasteiger partial charge in [-0.3, -0.25) is 4.79 Å². The van der Waals surface area contributed by atoms with Crippen molar-refractivity contribution in [1.82, 2.24) is 0 Å². The van der Waals surface area contributed by atoms with E-state index in [4.69, 9.17) is 0 Å². The predicted octanol–water partition coefficient (Wildman–Crippen LogP) is 2.46. The fourth-order valence-electron chi connectivity index (χ4n) is 1.85. The maximum Gasteiger partial charge on any atom is 0.136 e. The van der Waals surface area contributed by atoms with Gasteiger partial charge in [0.25, 0.3) is 0 Å². The van der Waals surface area contributed by atoms with Gasteiger partial charge >= 0.3 is 0 Å². The molecule has 0 aromatic heterocycles. The largest absolute Gasteiger partial charge is 0.299 e. The monoisotopic (exact) mass is 172 g/mol. The van der Waals surface area contributed by atoms with Crippen molar-refractivity contribution in [2.24, 2.45) is 5.41 Å². The van der Waals surface area contributed by atoms with Crippen LogP contribution in [0.3, 0.4) is 0 Å². The fourth-order valence-corrected chi connectivity index (χ4v) is 2.39. The van der Waals surface area contributed by atoms with Crippen LogP contribution >= 0.6 is 12.6 Å². The highest BCUT2D eigenvalue weighted by Crippen LogP contribution is 2.37. The van der Waals surface area contributed by atoms with Crippen LogP contribution in [0, 0.1) is 5.41 Å². The molecule has 1 nitrogen and oxygen atoms in total. The van der Waals surface area contributed by atoms with Gasteiger partial charge in [0.1, 0.15) is 5.78 Å². The topological polar surface area (TPSA) is 17.1 Å². The standard InChI is InChI=1S/C9H16OS/c1-8(10)9(7-11)5-3-2-4-6-9/h11H,2-7H2,1H3. The first-order chi connectivity index (χ1) is 5.21. The zero-order chi connectivity index (χ0) is 8.32. The third-order valence-corrected chi connectivity index (χ3v) is 3.47. The van der Waals surface area contributed by atoms with Crippen molar-refractivity contribution in [2.45, 2.75) is 39.0 Å². The van der Waals surface area contributed by atoms with E-state index in [0.29, 0.717) is 5.78 Å². The van der Waals surface area contributed by atoms with E-state index < -0.39 is 0 Å². The summed E-state index contributed by atoms with van der Waals surface area (Å²) in [6.45, 7) is 1.71. The minimum atomic E-state index is -0.0542. The fraction of sp³-hybridized carbons (Fsp3) is 0.889. The second kappa shape index (κ2) is 3.61. The van der Waals surface area contributed by atoms with Crippen molar-refractivity contribution in [3.63, 3.8) is 0 Å². The zero-order valence-corrected chi connectivity index (χ0v) is 7.99. The van der Waals surface area contributed by atoms with Crippen molar-refractivity contribution in [3.05, 3.63) is 0 Å². The van der Waals surface area contributed by atoms with E-state index >= 15 is 0 Å². The molecule has 0 atom stereocenters. The highest BCUT2D eigenvalue weighted by molar-refractivity contribution is 7.80. The Hall–Kier alpha value is 0.0200. The van der Waals surface area contributed by atoms with Gasteiger partial charge in [-0.05, 0) is 19.8 Å². The van der Waals surface area contributed by atoms with E-state index in [0.717, 1.165) is 18.6 Å².